The van der Waals surface area contributed by atoms with Crippen molar-refractivity contribution in [1.82, 2.24) is 23.3 Å². The molecule has 1 aliphatic carbocycles. The molecule has 5 rings (SSSR count). The van der Waals surface area contributed by atoms with E-state index in [2.05, 4.69) is 14.7 Å². The summed E-state index contributed by atoms with van der Waals surface area (Å²) in [5, 5.41) is 0. The summed E-state index contributed by atoms with van der Waals surface area (Å²) in [6, 6.07) is 3.90. The van der Waals surface area contributed by atoms with Gasteiger partial charge in [-0.1, -0.05) is 0 Å². The van der Waals surface area contributed by atoms with Crippen LogP contribution in [0, 0.1) is 23.5 Å². The van der Waals surface area contributed by atoms with Gasteiger partial charge in [-0.2, -0.15) is 4.31 Å². The average molecular weight is 674 g/mol. The van der Waals surface area contributed by atoms with Crippen LogP contribution in [0.3, 0.4) is 0 Å². The molecule has 1 atom stereocenters. The molecule has 0 spiro atoms. The molecule has 14 heteroatoms. The molecule has 1 aromatic carbocycles. The highest BCUT2D eigenvalue weighted by Crippen LogP contribution is 2.37. The van der Waals surface area contributed by atoms with Crippen molar-refractivity contribution in [1.29, 1.82) is 0 Å². The number of piperidine rings is 2. The van der Waals surface area contributed by atoms with Crippen molar-refractivity contribution in [2.75, 3.05) is 84.5 Å². The second-order valence-corrected chi connectivity index (χ2v) is 17.6. The molecule has 0 bridgehead atoms. The standard InChI is InChI=1S/C31H49F2N5O5S2/c1-44(40,41)36-13-5-25(6-14-36)30(26-19-27(32)21-28(33)20-26)9-12-34-10-7-29(8-11-34)38(22-24-3-4-24)31(39)23-35-15-17-37(18-16-35)45(2,42)43/h19-21,24-25,29-30H,3-18,22-23H2,1-2H3. The molecular formula is C31H49F2N5O5S2. The van der Waals surface area contributed by atoms with E-state index in [-0.39, 0.29) is 23.8 Å². The molecule has 10 nitrogen and oxygen atoms in total. The van der Waals surface area contributed by atoms with Crippen molar-refractivity contribution in [2.24, 2.45) is 11.8 Å². The smallest absolute Gasteiger partial charge is 0.237 e. The van der Waals surface area contributed by atoms with Gasteiger partial charge < -0.3 is 9.80 Å². The second kappa shape index (κ2) is 14.6. The number of sulfonamides is 2. The van der Waals surface area contributed by atoms with Gasteiger partial charge in [0.15, 0.2) is 0 Å². The van der Waals surface area contributed by atoms with Crippen LogP contribution in [0.25, 0.3) is 0 Å². The number of rotatable bonds is 12. The molecule has 4 fully saturated rings. The van der Waals surface area contributed by atoms with E-state index in [1.165, 1.54) is 33.3 Å². The van der Waals surface area contributed by atoms with Gasteiger partial charge in [0.05, 0.1) is 19.1 Å². The van der Waals surface area contributed by atoms with E-state index in [1.54, 1.807) is 0 Å². The number of hydrogen-bond acceptors (Lipinski definition) is 7. The molecular weight excluding hydrogens is 625 g/mol. The van der Waals surface area contributed by atoms with Crippen LogP contribution in [0.5, 0.6) is 0 Å². The van der Waals surface area contributed by atoms with E-state index in [4.69, 9.17) is 0 Å². The van der Waals surface area contributed by atoms with Gasteiger partial charge in [0.2, 0.25) is 26.0 Å². The Morgan fingerprint density at radius 1 is 0.778 bits per heavy atom. The summed E-state index contributed by atoms with van der Waals surface area (Å²) in [6.07, 6.45) is 8.52. The molecule has 1 saturated carbocycles. The summed E-state index contributed by atoms with van der Waals surface area (Å²) in [6.45, 7) is 6.30. The van der Waals surface area contributed by atoms with Gasteiger partial charge >= 0.3 is 0 Å². The van der Waals surface area contributed by atoms with E-state index in [0.29, 0.717) is 70.1 Å². The Morgan fingerprint density at radius 2 is 1.33 bits per heavy atom. The van der Waals surface area contributed by atoms with Crippen molar-refractivity contribution < 1.29 is 30.4 Å². The normalized spacial score (nSPS) is 23.3. The molecule has 4 aliphatic rings. The van der Waals surface area contributed by atoms with E-state index < -0.39 is 31.7 Å². The first kappa shape index (κ1) is 34.6. The lowest BCUT2D eigenvalue weighted by Gasteiger charge is -2.41. The summed E-state index contributed by atoms with van der Waals surface area (Å²) in [5.41, 5.74) is 0.638. The molecule has 3 heterocycles. The maximum Gasteiger partial charge on any atom is 0.237 e. The first-order valence-corrected chi connectivity index (χ1v) is 20.1. The molecule has 1 aromatic rings. The Bertz CT molecular complexity index is 1370. The highest BCUT2D eigenvalue weighted by Gasteiger charge is 2.36. The first-order valence-electron chi connectivity index (χ1n) is 16.4. The van der Waals surface area contributed by atoms with Crippen molar-refractivity contribution >= 4 is 26.0 Å². The lowest BCUT2D eigenvalue weighted by atomic mass is 9.78. The Labute approximate surface area is 267 Å². The van der Waals surface area contributed by atoms with Crippen molar-refractivity contribution in [3.63, 3.8) is 0 Å². The van der Waals surface area contributed by atoms with E-state index in [0.717, 1.165) is 64.3 Å². The zero-order valence-corrected chi connectivity index (χ0v) is 28.3. The number of benzene rings is 1. The van der Waals surface area contributed by atoms with Crippen LogP contribution in [0.4, 0.5) is 8.78 Å². The van der Waals surface area contributed by atoms with Crippen LogP contribution >= 0.6 is 0 Å². The van der Waals surface area contributed by atoms with Crippen molar-refractivity contribution in [3.05, 3.63) is 35.4 Å². The number of piperazine rings is 1. The number of likely N-dealkylation sites (tertiary alicyclic amines) is 1. The van der Waals surface area contributed by atoms with Crippen LogP contribution < -0.4 is 0 Å². The van der Waals surface area contributed by atoms with Gasteiger partial charge in [-0.05, 0) is 86.9 Å². The van der Waals surface area contributed by atoms with E-state index >= 15 is 0 Å². The number of carbonyl (C=O) groups excluding carboxylic acids is 1. The van der Waals surface area contributed by atoms with Crippen molar-refractivity contribution in [2.45, 2.75) is 56.9 Å². The quantitative estimate of drug-likeness (QED) is 0.336. The number of nitrogens with zero attached hydrogens (tertiary/aromatic N) is 5. The van der Waals surface area contributed by atoms with Crippen LogP contribution in [0.1, 0.15) is 56.4 Å². The summed E-state index contributed by atoms with van der Waals surface area (Å²) in [7, 11) is -6.49. The highest BCUT2D eigenvalue weighted by atomic mass is 32.2. The number of carbonyl (C=O) groups is 1. The number of hydrogen-bond donors (Lipinski definition) is 0. The van der Waals surface area contributed by atoms with E-state index in [1.807, 2.05) is 0 Å². The van der Waals surface area contributed by atoms with Gasteiger partial charge in [0.1, 0.15) is 11.6 Å². The van der Waals surface area contributed by atoms with Gasteiger partial charge in [-0.25, -0.2) is 29.9 Å². The lowest BCUT2D eigenvalue weighted by molar-refractivity contribution is -0.136. The molecule has 0 radical (unpaired) electrons. The first-order chi connectivity index (χ1) is 21.3. The fourth-order valence-electron chi connectivity index (χ4n) is 7.38. The second-order valence-electron chi connectivity index (χ2n) is 13.6. The Balaban J connectivity index is 1.16. The third kappa shape index (κ3) is 9.66. The summed E-state index contributed by atoms with van der Waals surface area (Å²) in [4.78, 5) is 20.1. The van der Waals surface area contributed by atoms with Gasteiger partial charge in [0.25, 0.3) is 0 Å². The fraction of sp³-hybridized carbons (Fsp3) is 0.774. The maximum atomic E-state index is 14.3. The topological polar surface area (TPSA) is 102 Å². The van der Waals surface area contributed by atoms with Crippen LogP contribution in [-0.2, 0) is 24.8 Å². The maximum absolute atomic E-state index is 14.3. The Kier molecular flexibility index (Phi) is 11.2. The molecule has 45 heavy (non-hydrogen) atoms. The summed E-state index contributed by atoms with van der Waals surface area (Å²) in [5.74, 6) is -0.444. The molecule has 3 aliphatic heterocycles. The predicted octanol–water partition coefficient (Wildman–Crippen LogP) is 2.39. The largest absolute Gasteiger partial charge is 0.338 e. The van der Waals surface area contributed by atoms with Crippen LogP contribution in [-0.4, -0.2) is 137 Å². The monoisotopic (exact) mass is 673 g/mol. The minimum absolute atomic E-state index is 0.0780. The minimum atomic E-state index is -3.27. The molecule has 1 amide bonds. The number of amides is 1. The Morgan fingerprint density at radius 3 is 1.87 bits per heavy atom. The third-order valence-corrected chi connectivity index (χ3v) is 12.8. The predicted molar refractivity (Wildman–Crippen MR) is 170 cm³/mol. The fourth-order valence-corrected chi connectivity index (χ4v) is 9.09. The average Bonchev–Trinajstić information content (AvgIpc) is 3.80. The zero-order valence-electron chi connectivity index (χ0n) is 26.6. The zero-order chi connectivity index (χ0) is 32.4. The Hall–Kier alpha value is -1.71. The molecule has 0 N–H and O–H groups in total. The minimum Gasteiger partial charge on any atom is -0.338 e. The van der Waals surface area contributed by atoms with E-state index in [9.17, 15) is 30.4 Å². The molecule has 1 unspecified atom stereocenters. The number of halogens is 2. The molecule has 0 aromatic heterocycles. The van der Waals surface area contributed by atoms with Gasteiger partial charge in [-0.15, -0.1) is 0 Å². The van der Waals surface area contributed by atoms with Crippen LogP contribution in [0.2, 0.25) is 0 Å². The SMILES string of the molecule is CS(=O)(=O)N1CCC(C(CCN2CCC(N(CC3CC3)C(=O)CN3CCN(S(C)(=O)=O)CC3)CC2)c2cc(F)cc(F)c2)CC1. The van der Waals surface area contributed by atoms with Gasteiger partial charge in [-0.3, -0.25) is 9.69 Å². The van der Waals surface area contributed by atoms with Crippen molar-refractivity contribution in [3.8, 4) is 0 Å². The van der Waals surface area contributed by atoms with Crippen LogP contribution in [0.15, 0.2) is 18.2 Å². The van der Waals surface area contributed by atoms with Gasteiger partial charge in [0, 0.05) is 71.0 Å². The lowest BCUT2D eigenvalue weighted by Crippen LogP contribution is -2.54. The molecule has 254 valence electrons. The molecule has 3 saturated heterocycles. The third-order valence-electron chi connectivity index (χ3n) is 10.2. The highest BCUT2D eigenvalue weighted by molar-refractivity contribution is 7.88. The summed E-state index contributed by atoms with van der Waals surface area (Å²) >= 11 is 0. The summed E-state index contributed by atoms with van der Waals surface area (Å²) < 4.78 is 79.3.